The van der Waals surface area contributed by atoms with Crippen molar-refractivity contribution in [3.63, 3.8) is 0 Å². The minimum Gasteiger partial charge on any atom is -0.369 e. The zero-order chi connectivity index (χ0) is 11.1. The summed E-state index contributed by atoms with van der Waals surface area (Å²) >= 11 is 0. The van der Waals surface area contributed by atoms with Gasteiger partial charge in [0.2, 0.25) is 5.91 Å². The number of carbonyl (C=O) groups excluding carboxylic acids is 1. The summed E-state index contributed by atoms with van der Waals surface area (Å²) in [6.45, 7) is 3.62. The Morgan fingerprint density at radius 2 is 2.20 bits per heavy atom. The van der Waals surface area contributed by atoms with Crippen LogP contribution in [0.25, 0.3) is 5.65 Å². The molecule has 4 heteroatoms. The highest BCUT2D eigenvalue weighted by molar-refractivity contribution is 5.86. The number of imidazole rings is 1. The highest BCUT2D eigenvalue weighted by Gasteiger charge is 2.27. The second-order valence-corrected chi connectivity index (χ2v) is 4.10. The van der Waals surface area contributed by atoms with E-state index in [1.807, 2.05) is 42.8 Å². The van der Waals surface area contributed by atoms with E-state index in [9.17, 15) is 4.79 Å². The third-order valence-corrected chi connectivity index (χ3v) is 2.74. The number of nitrogens with zero attached hydrogens (tertiary/aromatic N) is 2. The first-order valence-corrected chi connectivity index (χ1v) is 4.75. The standard InChI is InChI=1S/C11H13N3O/c1-11(2,10(12)15)8-3-5-14-6-4-13-9(14)7-8/h3-7H,1-2H3,(H2,12,15). The van der Waals surface area contributed by atoms with E-state index in [1.165, 1.54) is 0 Å². The monoisotopic (exact) mass is 203 g/mol. The van der Waals surface area contributed by atoms with Gasteiger partial charge in [-0.05, 0) is 31.5 Å². The summed E-state index contributed by atoms with van der Waals surface area (Å²) in [5.74, 6) is -0.335. The molecule has 4 nitrogen and oxygen atoms in total. The summed E-state index contributed by atoms with van der Waals surface area (Å²) in [5, 5.41) is 0. The fraction of sp³-hybridized carbons (Fsp3) is 0.273. The van der Waals surface area contributed by atoms with Crippen LogP contribution < -0.4 is 5.73 Å². The van der Waals surface area contributed by atoms with E-state index in [4.69, 9.17) is 5.73 Å². The smallest absolute Gasteiger partial charge is 0.227 e. The van der Waals surface area contributed by atoms with Crippen molar-refractivity contribution in [1.29, 1.82) is 0 Å². The molecule has 0 atom stereocenters. The van der Waals surface area contributed by atoms with Crippen LogP contribution in [0.1, 0.15) is 19.4 Å². The van der Waals surface area contributed by atoms with E-state index in [0.29, 0.717) is 0 Å². The van der Waals surface area contributed by atoms with Gasteiger partial charge in [-0.2, -0.15) is 0 Å². The van der Waals surface area contributed by atoms with Crippen LogP contribution in [0.15, 0.2) is 30.7 Å². The molecule has 0 aliphatic heterocycles. The Bertz CT molecular complexity index is 513. The van der Waals surface area contributed by atoms with Crippen LogP contribution in [0.4, 0.5) is 0 Å². The minimum atomic E-state index is -0.659. The molecule has 0 bridgehead atoms. The lowest BCUT2D eigenvalue weighted by Crippen LogP contribution is -2.35. The number of pyridine rings is 1. The summed E-state index contributed by atoms with van der Waals surface area (Å²) in [5.41, 5.74) is 6.40. The molecule has 0 radical (unpaired) electrons. The molecule has 0 saturated heterocycles. The van der Waals surface area contributed by atoms with Crippen LogP contribution >= 0.6 is 0 Å². The first-order valence-electron chi connectivity index (χ1n) is 4.75. The second-order valence-electron chi connectivity index (χ2n) is 4.10. The summed E-state index contributed by atoms with van der Waals surface area (Å²) in [4.78, 5) is 15.5. The number of rotatable bonds is 2. The maximum absolute atomic E-state index is 11.3. The van der Waals surface area contributed by atoms with Crippen LogP contribution in [0.2, 0.25) is 0 Å². The molecule has 15 heavy (non-hydrogen) atoms. The minimum absolute atomic E-state index is 0.335. The number of nitrogens with two attached hydrogens (primary N) is 1. The Labute approximate surface area is 87.7 Å². The Morgan fingerprint density at radius 3 is 2.87 bits per heavy atom. The molecule has 2 aromatic heterocycles. The third-order valence-electron chi connectivity index (χ3n) is 2.74. The zero-order valence-electron chi connectivity index (χ0n) is 8.77. The van der Waals surface area contributed by atoms with Crippen molar-refractivity contribution < 1.29 is 4.79 Å². The van der Waals surface area contributed by atoms with Crippen molar-refractivity contribution in [1.82, 2.24) is 9.38 Å². The van der Waals surface area contributed by atoms with Gasteiger partial charge in [0.1, 0.15) is 5.65 Å². The molecule has 0 aliphatic rings. The highest BCUT2D eigenvalue weighted by Crippen LogP contribution is 2.23. The fourth-order valence-corrected chi connectivity index (χ4v) is 1.44. The molecule has 0 aromatic carbocycles. The first kappa shape index (κ1) is 9.71. The van der Waals surface area contributed by atoms with Crippen LogP contribution in [-0.4, -0.2) is 15.3 Å². The molecule has 0 aliphatic carbocycles. The topological polar surface area (TPSA) is 60.4 Å². The van der Waals surface area contributed by atoms with Gasteiger partial charge in [0.15, 0.2) is 0 Å². The van der Waals surface area contributed by atoms with Gasteiger partial charge >= 0.3 is 0 Å². The SMILES string of the molecule is CC(C)(C(N)=O)c1ccn2ccnc2c1. The van der Waals surface area contributed by atoms with Crippen LogP contribution in [0.3, 0.4) is 0 Å². The molecule has 0 fully saturated rings. The van der Waals surface area contributed by atoms with Gasteiger partial charge < -0.3 is 10.1 Å². The van der Waals surface area contributed by atoms with Crippen LogP contribution in [0, 0.1) is 0 Å². The van der Waals surface area contributed by atoms with E-state index in [2.05, 4.69) is 4.98 Å². The van der Waals surface area contributed by atoms with Gasteiger partial charge in [-0.25, -0.2) is 4.98 Å². The lowest BCUT2D eigenvalue weighted by atomic mass is 9.84. The predicted molar refractivity (Wildman–Crippen MR) is 57.4 cm³/mol. The van der Waals surface area contributed by atoms with Gasteiger partial charge in [0.05, 0.1) is 5.41 Å². The van der Waals surface area contributed by atoms with E-state index >= 15 is 0 Å². The number of carbonyl (C=O) groups is 1. The largest absolute Gasteiger partial charge is 0.369 e. The zero-order valence-corrected chi connectivity index (χ0v) is 8.77. The van der Waals surface area contributed by atoms with Crippen molar-refractivity contribution in [2.75, 3.05) is 0 Å². The van der Waals surface area contributed by atoms with Crippen LogP contribution in [0.5, 0.6) is 0 Å². The van der Waals surface area contributed by atoms with Gasteiger partial charge in [0.25, 0.3) is 0 Å². The molecule has 2 rings (SSSR count). The molecule has 2 N–H and O–H groups in total. The molecular formula is C11H13N3O. The average molecular weight is 203 g/mol. The first-order chi connectivity index (χ1) is 7.01. The summed E-state index contributed by atoms with van der Waals surface area (Å²) in [6, 6.07) is 3.77. The molecule has 2 aromatic rings. The number of primary amides is 1. The molecular weight excluding hydrogens is 190 g/mol. The Kier molecular flexibility index (Phi) is 2.00. The maximum atomic E-state index is 11.3. The molecule has 1 amide bonds. The van der Waals surface area contributed by atoms with E-state index in [1.54, 1.807) is 6.20 Å². The van der Waals surface area contributed by atoms with E-state index < -0.39 is 5.41 Å². The second kappa shape index (κ2) is 3.08. The summed E-state index contributed by atoms with van der Waals surface area (Å²) < 4.78 is 1.89. The predicted octanol–water partition coefficient (Wildman–Crippen LogP) is 1.10. The number of fused-ring (bicyclic) bond motifs is 1. The van der Waals surface area contributed by atoms with Crippen molar-refractivity contribution in [3.05, 3.63) is 36.3 Å². The Hall–Kier alpha value is -1.84. The number of hydrogen-bond donors (Lipinski definition) is 1. The van der Waals surface area contributed by atoms with Gasteiger partial charge in [-0.3, -0.25) is 4.79 Å². The van der Waals surface area contributed by atoms with Gasteiger partial charge in [-0.15, -0.1) is 0 Å². The highest BCUT2D eigenvalue weighted by atomic mass is 16.1. The van der Waals surface area contributed by atoms with Crippen molar-refractivity contribution in [3.8, 4) is 0 Å². The molecule has 78 valence electrons. The Morgan fingerprint density at radius 1 is 1.47 bits per heavy atom. The number of hydrogen-bond acceptors (Lipinski definition) is 2. The average Bonchev–Trinajstić information content (AvgIpc) is 2.63. The van der Waals surface area contributed by atoms with Crippen molar-refractivity contribution >= 4 is 11.6 Å². The van der Waals surface area contributed by atoms with Gasteiger partial charge in [0, 0.05) is 18.6 Å². The normalized spacial score (nSPS) is 11.9. The van der Waals surface area contributed by atoms with Crippen molar-refractivity contribution in [2.24, 2.45) is 5.73 Å². The summed E-state index contributed by atoms with van der Waals surface area (Å²) in [6.07, 6.45) is 5.45. The Balaban J connectivity index is 2.57. The van der Waals surface area contributed by atoms with Gasteiger partial charge in [-0.1, -0.05) is 0 Å². The summed E-state index contributed by atoms with van der Waals surface area (Å²) in [7, 11) is 0. The lowest BCUT2D eigenvalue weighted by molar-refractivity contribution is -0.122. The number of aromatic nitrogens is 2. The molecule has 2 heterocycles. The third kappa shape index (κ3) is 1.48. The lowest BCUT2D eigenvalue weighted by Gasteiger charge is -2.20. The van der Waals surface area contributed by atoms with E-state index in [0.717, 1.165) is 11.2 Å². The van der Waals surface area contributed by atoms with E-state index in [-0.39, 0.29) is 5.91 Å². The molecule has 0 spiro atoms. The molecule has 0 unspecified atom stereocenters. The van der Waals surface area contributed by atoms with Crippen LogP contribution in [-0.2, 0) is 10.2 Å². The maximum Gasteiger partial charge on any atom is 0.227 e. The number of amides is 1. The quantitative estimate of drug-likeness (QED) is 0.794. The molecule has 0 saturated carbocycles. The fourth-order valence-electron chi connectivity index (χ4n) is 1.44. The van der Waals surface area contributed by atoms with Crippen molar-refractivity contribution in [2.45, 2.75) is 19.3 Å².